The van der Waals surface area contributed by atoms with Crippen molar-refractivity contribution in [2.75, 3.05) is 11.9 Å². The normalized spacial score (nSPS) is 10.7. The third-order valence-corrected chi connectivity index (χ3v) is 4.42. The molecule has 0 unspecified atom stereocenters. The molecule has 0 aliphatic carbocycles. The van der Waals surface area contributed by atoms with Gasteiger partial charge in [-0.15, -0.1) is 0 Å². The first-order valence-electron chi connectivity index (χ1n) is 7.47. The Morgan fingerprint density at radius 2 is 1.96 bits per heavy atom. The molecular formula is C18H18N2O2S. The van der Waals surface area contributed by atoms with Crippen LogP contribution in [0.2, 0.25) is 0 Å². The number of para-hydroxylation sites is 1. The molecule has 1 heterocycles. The van der Waals surface area contributed by atoms with Crippen LogP contribution < -0.4 is 10.1 Å². The molecule has 4 nitrogen and oxygen atoms in total. The molecule has 3 aromatic rings. The van der Waals surface area contributed by atoms with Crippen molar-refractivity contribution in [1.82, 2.24) is 4.98 Å². The summed E-state index contributed by atoms with van der Waals surface area (Å²) < 4.78 is 6.65. The number of aromatic nitrogens is 1. The number of nitrogens with zero attached hydrogens (tertiary/aromatic N) is 1. The van der Waals surface area contributed by atoms with E-state index in [1.54, 1.807) is 0 Å². The maximum absolute atomic E-state index is 12.0. The predicted octanol–water partition coefficient (Wildman–Crippen LogP) is 4.32. The molecule has 23 heavy (non-hydrogen) atoms. The van der Waals surface area contributed by atoms with Crippen LogP contribution in [0.3, 0.4) is 0 Å². The maximum atomic E-state index is 12.0. The summed E-state index contributed by atoms with van der Waals surface area (Å²) in [6.45, 7) is 4.39. The molecule has 0 saturated heterocycles. The van der Waals surface area contributed by atoms with Gasteiger partial charge in [0.2, 0.25) is 5.91 Å². The Balaban J connectivity index is 1.54. The van der Waals surface area contributed by atoms with E-state index in [2.05, 4.69) is 10.3 Å². The highest BCUT2D eigenvalue weighted by Crippen LogP contribution is 2.27. The average Bonchev–Trinajstić information content (AvgIpc) is 2.93. The molecule has 0 spiro atoms. The van der Waals surface area contributed by atoms with E-state index in [0.29, 0.717) is 18.2 Å². The highest BCUT2D eigenvalue weighted by atomic mass is 32.1. The number of carbonyl (C=O) groups excluding carboxylic acids is 1. The first kappa shape index (κ1) is 15.5. The van der Waals surface area contributed by atoms with E-state index in [0.717, 1.165) is 21.5 Å². The Morgan fingerprint density at radius 1 is 1.17 bits per heavy atom. The third kappa shape index (κ3) is 3.87. The number of fused-ring (bicyclic) bond motifs is 1. The fourth-order valence-electron chi connectivity index (χ4n) is 2.22. The van der Waals surface area contributed by atoms with Crippen molar-refractivity contribution in [3.63, 3.8) is 0 Å². The summed E-state index contributed by atoms with van der Waals surface area (Å²) >= 11 is 1.49. The number of hydrogen-bond acceptors (Lipinski definition) is 4. The van der Waals surface area contributed by atoms with Gasteiger partial charge in [0.25, 0.3) is 0 Å². The number of nitrogens with one attached hydrogen (secondary N) is 1. The van der Waals surface area contributed by atoms with Crippen LogP contribution in [0.4, 0.5) is 5.13 Å². The van der Waals surface area contributed by atoms with Gasteiger partial charge in [0.05, 0.1) is 23.2 Å². The van der Waals surface area contributed by atoms with Gasteiger partial charge in [-0.1, -0.05) is 41.2 Å². The zero-order valence-corrected chi connectivity index (χ0v) is 13.9. The maximum Gasteiger partial charge on any atom is 0.229 e. The Morgan fingerprint density at radius 3 is 2.70 bits per heavy atom. The van der Waals surface area contributed by atoms with Gasteiger partial charge in [-0.25, -0.2) is 4.98 Å². The molecule has 5 heteroatoms. The lowest BCUT2D eigenvalue weighted by Gasteiger charge is -2.06. The highest BCUT2D eigenvalue weighted by Gasteiger charge is 2.09. The number of rotatable bonds is 5. The smallest absolute Gasteiger partial charge is 0.229 e. The molecule has 1 N–H and O–H groups in total. The summed E-state index contributed by atoms with van der Waals surface area (Å²) in [4.78, 5) is 16.5. The summed E-state index contributed by atoms with van der Waals surface area (Å²) in [5, 5.41) is 3.48. The van der Waals surface area contributed by atoms with Crippen molar-refractivity contribution in [2.24, 2.45) is 0 Å². The minimum atomic E-state index is -0.0891. The van der Waals surface area contributed by atoms with Gasteiger partial charge in [-0.2, -0.15) is 0 Å². The topological polar surface area (TPSA) is 51.2 Å². The van der Waals surface area contributed by atoms with Gasteiger partial charge in [0.1, 0.15) is 5.75 Å². The lowest BCUT2D eigenvalue weighted by Crippen LogP contribution is -2.15. The molecule has 0 fully saturated rings. The summed E-state index contributed by atoms with van der Waals surface area (Å²) in [5.74, 6) is 0.688. The summed E-state index contributed by atoms with van der Waals surface area (Å²) in [6, 6.07) is 13.8. The van der Waals surface area contributed by atoms with Gasteiger partial charge in [-0.3, -0.25) is 4.79 Å². The van der Waals surface area contributed by atoms with E-state index in [1.165, 1.54) is 16.9 Å². The molecule has 3 rings (SSSR count). The molecule has 0 aliphatic rings. The van der Waals surface area contributed by atoms with Gasteiger partial charge in [-0.05, 0) is 37.6 Å². The van der Waals surface area contributed by atoms with E-state index in [1.807, 2.05) is 56.3 Å². The molecule has 1 aromatic heterocycles. The second-order valence-corrected chi connectivity index (χ2v) is 6.43. The van der Waals surface area contributed by atoms with Crippen LogP contribution in [0, 0.1) is 13.8 Å². The van der Waals surface area contributed by atoms with Crippen molar-refractivity contribution < 1.29 is 9.53 Å². The zero-order chi connectivity index (χ0) is 16.2. The number of thiazole rings is 1. The molecule has 0 bridgehead atoms. The minimum Gasteiger partial charge on any atom is -0.493 e. The van der Waals surface area contributed by atoms with Gasteiger partial charge in [0.15, 0.2) is 5.13 Å². The fourth-order valence-corrected chi connectivity index (χ4v) is 3.18. The summed E-state index contributed by atoms with van der Waals surface area (Å²) in [5.41, 5.74) is 3.24. The van der Waals surface area contributed by atoms with Gasteiger partial charge >= 0.3 is 0 Å². The zero-order valence-electron chi connectivity index (χ0n) is 13.1. The van der Waals surface area contributed by atoms with Crippen LogP contribution in [0.5, 0.6) is 5.75 Å². The molecule has 1 amide bonds. The molecule has 0 radical (unpaired) electrons. The van der Waals surface area contributed by atoms with Crippen molar-refractivity contribution in [1.29, 1.82) is 0 Å². The SMILES string of the molecule is Cc1ccc(OCCC(=O)Nc2nc3c(C)cccc3s2)cc1. The van der Waals surface area contributed by atoms with Gasteiger partial charge in [0, 0.05) is 0 Å². The van der Waals surface area contributed by atoms with Crippen LogP contribution >= 0.6 is 11.3 Å². The average molecular weight is 326 g/mol. The van der Waals surface area contributed by atoms with Crippen molar-refractivity contribution in [3.05, 3.63) is 53.6 Å². The number of benzene rings is 2. The summed E-state index contributed by atoms with van der Waals surface area (Å²) in [6.07, 6.45) is 0.294. The Labute approximate surface area is 139 Å². The Bertz CT molecular complexity index is 825. The number of amides is 1. The van der Waals surface area contributed by atoms with E-state index >= 15 is 0 Å². The van der Waals surface area contributed by atoms with Gasteiger partial charge < -0.3 is 10.1 Å². The number of carbonyl (C=O) groups is 1. The monoisotopic (exact) mass is 326 g/mol. The first-order valence-corrected chi connectivity index (χ1v) is 8.29. The molecule has 0 atom stereocenters. The molecule has 0 saturated carbocycles. The highest BCUT2D eigenvalue weighted by molar-refractivity contribution is 7.22. The molecule has 2 aromatic carbocycles. The number of ether oxygens (including phenoxy) is 1. The van der Waals surface area contributed by atoms with E-state index < -0.39 is 0 Å². The number of anilines is 1. The lowest BCUT2D eigenvalue weighted by molar-refractivity contribution is -0.116. The Hall–Kier alpha value is -2.40. The molecule has 118 valence electrons. The fraction of sp³-hybridized carbons (Fsp3) is 0.222. The molecular weight excluding hydrogens is 308 g/mol. The lowest BCUT2D eigenvalue weighted by atomic mass is 10.2. The van der Waals surface area contributed by atoms with Crippen molar-refractivity contribution >= 4 is 32.6 Å². The second-order valence-electron chi connectivity index (χ2n) is 5.40. The van der Waals surface area contributed by atoms with Crippen molar-refractivity contribution in [2.45, 2.75) is 20.3 Å². The minimum absolute atomic E-state index is 0.0891. The summed E-state index contributed by atoms with van der Waals surface area (Å²) in [7, 11) is 0. The standard InChI is InChI=1S/C18H18N2O2S/c1-12-6-8-14(9-7-12)22-11-10-16(21)19-18-20-17-13(2)4-3-5-15(17)23-18/h3-9H,10-11H2,1-2H3,(H,19,20,21). The van der Waals surface area contributed by atoms with Crippen LogP contribution in [0.1, 0.15) is 17.5 Å². The Kier molecular flexibility index (Phi) is 4.57. The number of hydrogen-bond donors (Lipinski definition) is 1. The quantitative estimate of drug-likeness (QED) is 0.759. The van der Waals surface area contributed by atoms with E-state index in [-0.39, 0.29) is 5.91 Å². The van der Waals surface area contributed by atoms with E-state index in [4.69, 9.17) is 4.74 Å². The first-order chi connectivity index (χ1) is 11.1. The van der Waals surface area contributed by atoms with Crippen LogP contribution in [-0.2, 0) is 4.79 Å². The molecule has 0 aliphatic heterocycles. The van der Waals surface area contributed by atoms with Crippen LogP contribution in [0.15, 0.2) is 42.5 Å². The van der Waals surface area contributed by atoms with Crippen LogP contribution in [0.25, 0.3) is 10.2 Å². The third-order valence-electron chi connectivity index (χ3n) is 3.49. The number of aryl methyl sites for hydroxylation is 2. The predicted molar refractivity (Wildman–Crippen MR) is 94.3 cm³/mol. The van der Waals surface area contributed by atoms with Crippen molar-refractivity contribution in [3.8, 4) is 5.75 Å². The van der Waals surface area contributed by atoms with Crippen LogP contribution in [-0.4, -0.2) is 17.5 Å². The van der Waals surface area contributed by atoms with E-state index in [9.17, 15) is 4.79 Å². The second kappa shape index (κ2) is 6.79. The largest absolute Gasteiger partial charge is 0.493 e.